The van der Waals surface area contributed by atoms with Crippen LogP contribution in [0.5, 0.6) is 0 Å². The lowest BCUT2D eigenvalue weighted by Crippen LogP contribution is -2.43. The van der Waals surface area contributed by atoms with E-state index in [0.29, 0.717) is 5.57 Å². The van der Waals surface area contributed by atoms with Gasteiger partial charge in [0.2, 0.25) is 0 Å². The van der Waals surface area contributed by atoms with Crippen molar-refractivity contribution in [3.05, 3.63) is 37.0 Å². The Morgan fingerprint density at radius 1 is 1.39 bits per heavy atom. The van der Waals surface area contributed by atoms with Crippen molar-refractivity contribution in [2.45, 2.75) is 19.9 Å². The Labute approximate surface area is 108 Å². The van der Waals surface area contributed by atoms with Crippen LogP contribution in [0.25, 0.3) is 0 Å². The summed E-state index contributed by atoms with van der Waals surface area (Å²) in [7, 11) is -3.89. The molecule has 0 saturated heterocycles. The van der Waals surface area contributed by atoms with E-state index in [2.05, 4.69) is 17.9 Å². The molecule has 0 rings (SSSR count). The summed E-state index contributed by atoms with van der Waals surface area (Å²) >= 11 is 0. The van der Waals surface area contributed by atoms with Crippen molar-refractivity contribution in [3.63, 3.8) is 0 Å². The van der Waals surface area contributed by atoms with Crippen LogP contribution in [0.1, 0.15) is 13.8 Å². The van der Waals surface area contributed by atoms with E-state index in [4.69, 9.17) is 4.74 Å². The van der Waals surface area contributed by atoms with Crippen LogP contribution < -0.4 is 9.44 Å². The van der Waals surface area contributed by atoms with E-state index in [1.54, 1.807) is 24.6 Å². The quantitative estimate of drug-likeness (QED) is 0.684. The summed E-state index contributed by atoms with van der Waals surface area (Å²) in [6.07, 6.45) is 3.53. The van der Waals surface area contributed by atoms with E-state index in [1.807, 2.05) is 0 Å². The number of carbonyl (C=O) groups excluding carboxylic acids is 1. The fourth-order valence-electron chi connectivity index (χ4n) is 0.954. The Kier molecular flexibility index (Phi) is 6.99. The van der Waals surface area contributed by atoms with Crippen molar-refractivity contribution >= 4 is 16.3 Å². The fourth-order valence-corrected chi connectivity index (χ4v) is 1.91. The minimum Gasteiger partial charge on any atom is -0.444 e. The maximum Gasteiger partial charge on any atom is 0.422 e. The maximum atomic E-state index is 11.3. The summed E-state index contributed by atoms with van der Waals surface area (Å²) in [6, 6.07) is -0.320. The van der Waals surface area contributed by atoms with Gasteiger partial charge < -0.3 is 4.74 Å². The summed E-state index contributed by atoms with van der Waals surface area (Å²) < 4.78 is 31.3. The zero-order chi connectivity index (χ0) is 14.2. The number of amides is 1. The molecule has 0 aliphatic heterocycles. The Balaban J connectivity index is 4.32. The third-order valence-corrected chi connectivity index (χ3v) is 2.79. The van der Waals surface area contributed by atoms with Crippen molar-refractivity contribution < 1.29 is 17.9 Å². The van der Waals surface area contributed by atoms with Gasteiger partial charge in [0.15, 0.2) is 0 Å². The predicted octanol–water partition coefficient (Wildman–Crippen LogP) is 1.25. The van der Waals surface area contributed by atoms with Crippen LogP contribution in [0.2, 0.25) is 0 Å². The molecule has 0 aliphatic carbocycles. The van der Waals surface area contributed by atoms with Crippen LogP contribution in [0.4, 0.5) is 4.79 Å². The van der Waals surface area contributed by atoms with E-state index in [1.165, 1.54) is 12.2 Å². The molecule has 0 aromatic carbocycles. The molecule has 0 aliphatic rings. The molecule has 0 aromatic rings. The summed E-state index contributed by atoms with van der Waals surface area (Å²) in [4.78, 5) is 11.2. The summed E-state index contributed by atoms with van der Waals surface area (Å²) in [5.74, 6) is 0. The second kappa shape index (κ2) is 7.67. The first-order valence-electron chi connectivity index (χ1n) is 5.21. The van der Waals surface area contributed by atoms with Gasteiger partial charge in [-0.3, -0.25) is 0 Å². The Morgan fingerprint density at radius 3 is 2.44 bits per heavy atom. The van der Waals surface area contributed by atoms with Crippen molar-refractivity contribution in [3.8, 4) is 0 Å². The van der Waals surface area contributed by atoms with E-state index in [9.17, 15) is 13.2 Å². The molecule has 0 unspecified atom stereocenters. The molecule has 0 bridgehead atoms. The van der Waals surface area contributed by atoms with Crippen LogP contribution >= 0.6 is 0 Å². The second-order valence-electron chi connectivity index (χ2n) is 3.64. The third-order valence-electron chi connectivity index (χ3n) is 1.57. The van der Waals surface area contributed by atoms with E-state index < -0.39 is 16.3 Å². The molecule has 0 heterocycles. The van der Waals surface area contributed by atoms with Crippen molar-refractivity contribution in [1.29, 1.82) is 0 Å². The smallest absolute Gasteiger partial charge is 0.422 e. The summed E-state index contributed by atoms with van der Waals surface area (Å²) in [5.41, 5.74) is 0.606. The highest BCUT2D eigenvalue weighted by atomic mass is 32.2. The van der Waals surface area contributed by atoms with Gasteiger partial charge >= 0.3 is 16.3 Å². The van der Waals surface area contributed by atoms with Crippen LogP contribution in [0, 0.1) is 0 Å². The summed E-state index contributed by atoms with van der Waals surface area (Å²) in [6.45, 7) is 10.2. The molecule has 6 nitrogen and oxygen atoms in total. The SMILES string of the molecule is C=C/C=C(\C=C)COC(=O)NS(=O)(=O)NC(C)C. The maximum absolute atomic E-state index is 11.3. The van der Waals surface area contributed by atoms with E-state index in [-0.39, 0.29) is 12.6 Å². The normalized spacial score (nSPS) is 12.1. The van der Waals surface area contributed by atoms with Crippen molar-refractivity contribution in [2.24, 2.45) is 0 Å². The fraction of sp³-hybridized carbons (Fsp3) is 0.364. The first-order valence-corrected chi connectivity index (χ1v) is 6.70. The molecular weight excluding hydrogens is 256 g/mol. The highest BCUT2D eigenvalue weighted by Gasteiger charge is 2.16. The number of hydrogen-bond acceptors (Lipinski definition) is 4. The monoisotopic (exact) mass is 274 g/mol. The average molecular weight is 274 g/mol. The number of hydrogen-bond donors (Lipinski definition) is 2. The molecule has 0 radical (unpaired) electrons. The van der Waals surface area contributed by atoms with Crippen molar-refractivity contribution in [1.82, 2.24) is 9.44 Å². The van der Waals surface area contributed by atoms with Gasteiger partial charge in [-0.2, -0.15) is 13.1 Å². The lowest BCUT2D eigenvalue weighted by Gasteiger charge is -2.11. The van der Waals surface area contributed by atoms with Crippen LogP contribution in [0.15, 0.2) is 37.0 Å². The van der Waals surface area contributed by atoms with E-state index >= 15 is 0 Å². The second-order valence-corrected chi connectivity index (χ2v) is 5.08. The molecule has 0 atom stereocenters. The third kappa shape index (κ3) is 7.64. The van der Waals surface area contributed by atoms with Gasteiger partial charge in [0, 0.05) is 6.04 Å². The van der Waals surface area contributed by atoms with Gasteiger partial charge in [0.05, 0.1) is 0 Å². The number of ether oxygens (including phenoxy) is 1. The van der Waals surface area contributed by atoms with Crippen molar-refractivity contribution in [2.75, 3.05) is 6.61 Å². The minimum absolute atomic E-state index is 0.0848. The zero-order valence-corrected chi connectivity index (χ0v) is 11.3. The average Bonchev–Trinajstić information content (AvgIpc) is 2.21. The molecule has 18 heavy (non-hydrogen) atoms. The number of rotatable bonds is 7. The van der Waals surface area contributed by atoms with E-state index in [0.717, 1.165) is 0 Å². The predicted molar refractivity (Wildman–Crippen MR) is 70.2 cm³/mol. The highest BCUT2D eigenvalue weighted by Crippen LogP contribution is 1.97. The topological polar surface area (TPSA) is 84.5 Å². The van der Waals surface area contributed by atoms with Gasteiger partial charge in [-0.05, 0) is 19.4 Å². The van der Waals surface area contributed by atoms with Crippen LogP contribution in [0.3, 0.4) is 0 Å². The standard InChI is InChI=1S/C11H18N2O4S/c1-5-7-10(6-2)8-17-11(14)13-18(15,16)12-9(3)4/h5-7,9,12H,1-2,8H2,3-4H3,(H,13,14)/b10-7+. The number of nitrogens with one attached hydrogen (secondary N) is 2. The molecule has 2 N–H and O–H groups in total. The summed E-state index contributed by atoms with van der Waals surface area (Å²) in [5, 5.41) is 0. The van der Waals surface area contributed by atoms with Gasteiger partial charge in [-0.25, -0.2) is 9.52 Å². The zero-order valence-electron chi connectivity index (χ0n) is 10.5. The van der Waals surface area contributed by atoms with Gasteiger partial charge in [0.25, 0.3) is 0 Å². The first kappa shape index (κ1) is 16.4. The first-order chi connectivity index (χ1) is 8.30. The Hall–Kier alpha value is -1.60. The van der Waals surface area contributed by atoms with Crippen LogP contribution in [-0.2, 0) is 14.9 Å². The molecule has 0 spiro atoms. The Bertz CT molecular complexity index is 438. The highest BCUT2D eigenvalue weighted by molar-refractivity contribution is 7.88. The molecule has 102 valence electrons. The molecule has 0 aromatic heterocycles. The largest absolute Gasteiger partial charge is 0.444 e. The van der Waals surface area contributed by atoms with Gasteiger partial charge in [-0.1, -0.05) is 31.4 Å². The van der Waals surface area contributed by atoms with Crippen LogP contribution in [-0.4, -0.2) is 27.2 Å². The van der Waals surface area contributed by atoms with Gasteiger partial charge in [0.1, 0.15) is 6.61 Å². The number of allylic oxidation sites excluding steroid dienone is 2. The van der Waals surface area contributed by atoms with Gasteiger partial charge in [-0.15, -0.1) is 0 Å². The lowest BCUT2D eigenvalue weighted by molar-refractivity contribution is 0.163. The Morgan fingerprint density at radius 2 is 2.00 bits per heavy atom. The molecule has 7 heteroatoms. The number of carbonyl (C=O) groups is 1. The molecule has 0 fully saturated rings. The lowest BCUT2D eigenvalue weighted by atomic mass is 10.2. The minimum atomic E-state index is -3.89. The molecule has 0 saturated carbocycles. The molecular formula is C11H18N2O4S. The molecule has 1 amide bonds.